The largest absolute Gasteiger partial charge is 0.315 e. The molecule has 4 nitrogen and oxygen atoms in total. The van der Waals surface area contributed by atoms with Crippen molar-refractivity contribution in [2.24, 2.45) is 0 Å². The van der Waals surface area contributed by atoms with Gasteiger partial charge in [0.25, 0.3) is 5.69 Å². The molecule has 1 aliphatic rings. The van der Waals surface area contributed by atoms with Crippen molar-refractivity contribution in [2.75, 3.05) is 13.1 Å². The van der Waals surface area contributed by atoms with Crippen LogP contribution >= 0.6 is 0 Å². The quantitative estimate of drug-likeness (QED) is 0.571. The fourth-order valence-corrected chi connectivity index (χ4v) is 1.79. The minimum absolute atomic E-state index is 0.231. The van der Waals surface area contributed by atoms with Gasteiger partial charge in [-0.15, -0.1) is 0 Å². The highest BCUT2D eigenvalue weighted by Crippen LogP contribution is 2.28. The first-order chi connectivity index (χ1) is 6.70. The van der Waals surface area contributed by atoms with Crippen molar-refractivity contribution in [3.63, 3.8) is 0 Å². The van der Waals surface area contributed by atoms with E-state index in [9.17, 15) is 10.1 Å². The first-order valence-corrected chi connectivity index (χ1v) is 4.65. The Bertz CT molecular complexity index is 372. The lowest BCUT2D eigenvalue weighted by atomic mass is 9.90. The maximum absolute atomic E-state index is 10.7. The molecule has 4 heteroatoms. The van der Waals surface area contributed by atoms with Crippen LogP contribution in [0.1, 0.15) is 17.0 Å². The van der Waals surface area contributed by atoms with Crippen LogP contribution in [0.15, 0.2) is 18.2 Å². The number of nitro groups is 1. The predicted molar refractivity (Wildman–Crippen MR) is 53.4 cm³/mol. The summed E-state index contributed by atoms with van der Waals surface area (Å²) in [4.78, 5) is 10.4. The fourth-order valence-electron chi connectivity index (χ4n) is 1.79. The zero-order chi connectivity index (χ0) is 10.1. The molecule has 14 heavy (non-hydrogen) atoms. The average molecular weight is 192 g/mol. The van der Waals surface area contributed by atoms with Gasteiger partial charge in [-0.2, -0.15) is 0 Å². The van der Waals surface area contributed by atoms with E-state index >= 15 is 0 Å². The summed E-state index contributed by atoms with van der Waals surface area (Å²) in [6.07, 6.45) is 0. The highest BCUT2D eigenvalue weighted by molar-refractivity contribution is 5.46. The van der Waals surface area contributed by atoms with Crippen molar-refractivity contribution in [1.29, 1.82) is 0 Å². The Morgan fingerprint density at radius 2 is 2.21 bits per heavy atom. The Kier molecular flexibility index (Phi) is 2.21. The molecule has 1 aromatic rings. The predicted octanol–water partition coefficient (Wildman–Crippen LogP) is 1.59. The number of nitrogens with one attached hydrogen (secondary N) is 1. The molecule has 74 valence electrons. The van der Waals surface area contributed by atoms with Crippen LogP contribution in [0.5, 0.6) is 0 Å². The van der Waals surface area contributed by atoms with Crippen LogP contribution in [0.2, 0.25) is 0 Å². The van der Waals surface area contributed by atoms with E-state index in [1.807, 2.05) is 13.0 Å². The summed E-state index contributed by atoms with van der Waals surface area (Å²) in [5.74, 6) is 0.454. The van der Waals surface area contributed by atoms with Crippen molar-refractivity contribution in [3.8, 4) is 0 Å². The SMILES string of the molecule is Cc1c(C2CNC2)cccc1[N+](=O)[O-]. The number of hydrogen-bond acceptors (Lipinski definition) is 3. The molecule has 0 amide bonds. The zero-order valence-corrected chi connectivity index (χ0v) is 7.99. The van der Waals surface area contributed by atoms with Gasteiger partial charge in [0.05, 0.1) is 4.92 Å². The first-order valence-electron chi connectivity index (χ1n) is 4.65. The number of nitrogens with zero attached hydrogens (tertiary/aromatic N) is 1. The van der Waals surface area contributed by atoms with Gasteiger partial charge in [-0.25, -0.2) is 0 Å². The molecule has 1 N–H and O–H groups in total. The van der Waals surface area contributed by atoms with E-state index in [0.717, 1.165) is 24.2 Å². The maximum Gasteiger partial charge on any atom is 0.272 e. The summed E-state index contributed by atoms with van der Waals surface area (Å²) >= 11 is 0. The van der Waals surface area contributed by atoms with Crippen LogP contribution in [0.25, 0.3) is 0 Å². The highest BCUT2D eigenvalue weighted by Gasteiger charge is 2.23. The van der Waals surface area contributed by atoms with E-state index in [0.29, 0.717) is 5.92 Å². The van der Waals surface area contributed by atoms with Crippen molar-refractivity contribution < 1.29 is 4.92 Å². The minimum atomic E-state index is -0.315. The van der Waals surface area contributed by atoms with E-state index in [-0.39, 0.29) is 10.6 Å². The second kappa shape index (κ2) is 3.38. The molecule has 0 saturated carbocycles. The fraction of sp³-hybridized carbons (Fsp3) is 0.400. The first kappa shape index (κ1) is 9.15. The summed E-state index contributed by atoms with van der Waals surface area (Å²) in [7, 11) is 0. The minimum Gasteiger partial charge on any atom is -0.315 e. The van der Waals surface area contributed by atoms with Gasteiger partial charge in [0, 0.05) is 30.6 Å². The molecule has 0 aromatic heterocycles. The standard InChI is InChI=1S/C10H12N2O2/c1-7-9(8-5-11-6-8)3-2-4-10(7)12(13)14/h2-4,8,11H,5-6H2,1H3. The molecule has 1 aromatic carbocycles. The third-order valence-electron chi connectivity index (χ3n) is 2.77. The molecule has 0 bridgehead atoms. The highest BCUT2D eigenvalue weighted by atomic mass is 16.6. The van der Waals surface area contributed by atoms with Crippen molar-refractivity contribution >= 4 is 5.69 Å². The molecule has 0 radical (unpaired) electrons. The Hall–Kier alpha value is -1.42. The molecular weight excluding hydrogens is 180 g/mol. The lowest BCUT2D eigenvalue weighted by molar-refractivity contribution is -0.385. The number of hydrogen-bond donors (Lipinski definition) is 1. The molecule has 2 rings (SSSR count). The van der Waals surface area contributed by atoms with E-state index < -0.39 is 0 Å². The van der Waals surface area contributed by atoms with Gasteiger partial charge in [0.2, 0.25) is 0 Å². The Morgan fingerprint density at radius 1 is 1.50 bits per heavy atom. The smallest absolute Gasteiger partial charge is 0.272 e. The number of nitro benzene ring substituents is 1. The average Bonchev–Trinajstić information content (AvgIpc) is 2.04. The second-order valence-electron chi connectivity index (χ2n) is 3.60. The lowest BCUT2D eigenvalue weighted by Gasteiger charge is -2.28. The molecule has 0 atom stereocenters. The molecule has 1 heterocycles. The third-order valence-corrected chi connectivity index (χ3v) is 2.77. The van der Waals surface area contributed by atoms with Crippen LogP contribution in [0.3, 0.4) is 0 Å². The van der Waals surface area contributed by atoms with Gasteiger partial charge in [-0.05, 0) is 12.5 Å². The summed E-state index contributed by atoms with van der Waals surface area (Å²) in [5, 5.41) is 13.9. The van der Waals surface area contributed by atoms with Crippen molar-refractivity contribution in [1.82, 2.24) is 5.32 Å². The van der Waals surface area contributed by atoms with Crippen molar-refractivity contribution in [3.05, 3.63) is 39.4 Å². The van der Waals surface area contributed by atoms with Gasteiger partial charge in [-0.3, -0.25) is 10.1 Å². The van der Waals surface area contributed by atoms with Gasteiger partial charge >= 0.3 is 0 Å². The molecule has 0 aliphatic carbocycles. The van der Waals surface area contributed by atoms with Crippen molar-refractivity contribution in [2.45, 2.75) is 12.8 Å². The lowest BCUT2D eigenvalue weighted by Crippen LogP contribution is -2.40. The molecule has 1 fully saturated rings. The van der Waals surface area contributed by atoms with Gasteiger partial charge in [0.15, 0.2) is 0 Å². The van der Waals surface area contributed by atoms with E-state index in [4.69, 9.17) is 0 Å². The zero-order valence-electron chi connectivity index (χ0n) is 7.99. The summed E-state index contributed by atoms with van der Waals surface area (Å²) in [6.45, 7) is 3.69. The maximum atomic E-state index is 10.7. The summed E-state index contributed by atoms with van der Waals surface area (Å²) in [6, 6.07) is 5.30. The van der Waals surface area contributed by atoms with Crippen LogP contribution in [-0.4, -0.2) is 18.0 Å². The van der Waals surface area contributed by atoms with Crippen LogP contribution in [-0.2, 0) is 0 Å². The number of rotatable bonds is 2. The van der Waals surface area contributed by atoms with Crippen LogP contribution < -0.4 is 5.32 Å². The Morgan fingerprint density at radius 3 is 2.71 bits per heavy atom. The summed E-state index contributed by atoms with van der Waals surface area (Å²) < 4.78 is 0. The van der Waals surface area contributed by atoms with E-state index in [1.165, 1.54) is 0 Å². The van der Waals surface area contributed by atoms with Crippen LogP contribution in [0, 0.1) is 17.0 Å². The topological polar surface area (TPSA) is 55.2 Å². The molecular formula is C10H12N2O2. The normalized spacial score (nSPS) is 16.4. The Labute approximate surface area is 82.1 Å². The van der Waals surface area contributed by atoms with Gasteiger partial charge in [-0.1, -0.05) is 12.1 Å². The molecule has 1 saturated heterocycles. The molecule has 0 unspecified atom stereocenters. The molecule has 0 spiro atoms. The molecule has 1 aliphatic heterocycles. The monoisotopic (exact) mass is 192 g/mol. The third kappa shape index (κ3) is 1.37. The van der Waals surface area contributed by atoms with E-state index in [2.05, 4.69) is 5.32 Å². The van der Waals surface area contributed by atoms with Crippen LogP contribution in [0.4, 0.5) is 5.69 Å². The van der Waals surface area contributed by atoms with Gasteiger partial charge < -0.3 is 5.32 Å². The summed E-state index contributed by atoms with van der Waals surface area (Å²) in [5.41, 5.74) is 2.15. The number of benzene rings is 1. The Balaban J connectivity index is 2.40. The van der Waals surface area contributed by atoms with E-state index in [1.54, 1.807) is 12.1 Å². The van der Waals surface area contributed by atoms with Gasteiger partial charge in [0.1, 0.15) is 0 Å². The second-order valence-corrected chi connectivity index (χ2v) is 3.60.